The maximum Gasteiger partial charge on any atom is 0.252 e. The van der Waals surface area contributed by atoms with Gasteiger partial charge in [0.2, 0.25) is 5.91 Å². The van der Waals surface area contributed by atoms with Crippen molar-refractivity contribution in [2.75, 3.05) is 13.2 Å². The van der Waals surface area contributed by atoms with Gasteiger partial charge in [0.1, 0.15) is 12.1 Å². The summed E-state index contributed by atoms with van der Waals surface area (Å²) >= 11 is 0. The van der Waals surface area contributed by atoms with Crippen LogP contribution in [0.25, 0.3) is 0 Å². The van der Waals surface area contributed by atoms with E-state index in [2.05, 4.69) is 0 Å². The predicted molar refractivity (Wildman–Crippen MR) is 52.9 cm³/mol. The first-order valence-corrected chi connectivity index (χ1v) is 5.41. The SMILES string of the molecule is NC(=O)C1CCCN1C(=O)C1CCCO1. The number of amides is 2. The number of carbonyl (C=O) groups is 2. The van der Waals surface area contributed by atoms with Crippen LogP contribution < -0.4 is 5.73 Å². The molecule has 0 saturated carbocycles. The van der Waals surface area contributed by atoms with Gasteiger partial charge in [-0.15, -0.1) is 0 Å². The van der Waals surface area contributed by atoms with E-state index < -0.39 is 11.9 Å². The van der Waals surface area contributed by atoms with Crippen molar-refractivity contribution in [1.82, 2.24) is 4.90 Å². The Morgan fingerprint density at radius 1 is 1.27 bits per heavy atom. The van der Waals surface area contributed by atoms with Crippen LogP contribution in [0, 0.1) is 0 Å². The maximum atomic E-state index is 12.0. The summed E-state index contributed by atoms with van der Waals surface area (Å²) in [6.45, 7) is 1.28. The fraction of sp³-hybridized carbons (Fsp3) is 0.800. The molecule has 0 aromatic heterocycles. The normalized spacial score (nSPS) is 30.8. The lowest BCUT2D eigenvalue weighted by atomic mass is 10.2. The average Bonchev–Trinajstić information content (AvgIpc) is 2.88. The van der Waals surface area contributed by atoms with Crippen molar-refractivity contribution >= 4 is 11.8 Å². The zero-order valence-electron chi connectivity index (χ0n) is 8.65. The van der Waals surface area contributed by atoms with Gasteiger partial charge in [-0.1, -0.05) is 0 Å². The van der Waals surface area contributed by atoms with Crippen LogP contribution in [0.1, 0.15) is 25.7 Å². The Hall–Kier alpha value is -1.10. The number of rotatable bonds is 2. The molecule has 2 N–H and O–H groups in total. The molecule has 2 saturated heterocycles. The lowest BCUT2D eigenvalue weighted by molar-refractivity contribution is -0.145. The highest BCUT2D eigenvalue weighted by molar-refractivity contribution is 5.89. The van der Waals surface area contributed by atoms with Crippen LogP contribution in [0.15, 0.2) is 0 Å². The van der Waals surface area contributed by atoms with E-state index in [9.17, 15) is 9.59 Å². The molecule has 5 heteroatoms. The molecule has 15 heavy (non-hydrogen) atoms. The molecule has 2 amide bonds. The molecule has 0 spiro atoms. The number of nitrogens with zero attached hydrogens (tertiary/aromatic N) is 1. The smallest absolute Gasteiger partial charge is 0.252 e. The molecule has 0 aliphatic carbocycles. The fourth-order valence-corrected chi connectivity index (χ4v) is 2.28. The third-order valence-electron chi connectivity index (χ3n) is 3.07. The molecule has 2 fully saturated rings. The van der Waals surface area contributed by atoms with E-state index in [1.54, 1.807) is 4.90 Å². The molecule has 2 rings (SSSR count). The highest BCUT2D eigenvalue weighted by atomic mass is 16.5. The van der Waals surface area contributed by atoms with Crippen LogP contribution >= 0.6 is 0 Å². The zero-order valence-corrected chi connectivity index (χ0v) is 8.65. The van der Waals surface area contributed by atoms with E-state index in [1.165, 1.54) is 0 Å². The molecular formula is C10H16N2O3. The fourth-order valence-electron chi connectivity index (χ4n) is 2.28. The minimum atomic E-state index is -0.415. The van der Waals surface area contributed by atoms with E-state index in [1.807, 2.05) is 0 Å². The number of likely N-dealkylation sites (tertiary alicyclic amines) is 1. The lowest BCUT2D eigenvalue weighted by Gasteiger charge is -2.24. The Kier molecular flexibility index (Phi) is 2.90. The first kappa shape index (κ1) is 10.4. The molecular weight excluding hydrogens is 196 g/mol. The summed E-state index contributed by atoms with van der Waals surface area (Å²) in [5.74, 6) is -0.465. The molecule has 2 heterocycles. The van der Waals surface area contributed by atoms with Gasteiger partial charge in [0, 0.05) is 13.2 Å². The topological polar surface area (TPSA) is 72.6 Å². The van der Waals surface area contributed by atoms with Gasteiger partial charge >= 0.3 is 0 Å². The van der Waals surface area contributed by atoms with E-state index in [-0.39, 0.29) is 12.0 Å². The molecule has 2 aliphatic rings. The van der Waals surface area contributed by atoms with Gasteiger partial charge in [-0.2, -0.15) is 0 Å². The number of primary amides is 1. The first-order chi connectivity index (χ1) is 7.20. The Bertz CT molecular complexity index is 274. The number of hydrogen-bond donors (Lipinski definition) is 1. The van der Waals surface area contributed by atoms with Crippen LogP contribution in [0.2, 0.25) is 0 Å². The van der Waals surface area contributed by atoms with Gasteiger partial charge in [0.25, 0.3) is 5.91 Å². The van der Waals surface area contributed by atoms with Crippen LogP contribution in [-0.4, -0.2) is 42.0 Å². The summed E-state index contributed by atoms with van der Waals surface area (Å²) in [5.41, 5.74) is 5.25. The minimum Gasteiger partial charge on any atom is -0.368 e. The van der Waals surface area contributed by atoms with Crippen molar-refractivity contribution in [3.05, 3.63) is 0 Å². The second-order valence-corrected chi connectivity index (χ2v) is 4.09. The number of hydrogen-bond acceptors (Lipinski definition) is 3. The number of nitrogens with two attached hydrogens (primary N) is 1. The van der Waals surface area contributed by atoms with Crippen molar-refractivity contribution in [3.8, 4) is 0 Å². The summed E-state index contributed by atoms with van der Waals surface area (Å²) < 4.78 is 5.31. The zero-order chi connectivity index (χ0) is 10.8. The third-order valence-corrected chi connectivity index (χ3v) is 3.07. The Balaban J connectivity index is 2.02. The molecule has 0 aromatic carbocycles. The highest BCUT2D eigenvalue weighted by Crippen LogP contribution is 2.22. The highest BCUT2D eigenvalue weighted by Gasteiger charge is 2.37. The van der Waals surface area contributed by atoms with Gasteiger partial charge in [0.15, 0.2) is 0 Å². The number of ether oxygens (including phenoxy) is 1. The van der Waals surface area contributed by atoms with E-state index in [4.69, 9.17) is 10.5 Å². The summed E-state index contributed by atoms with van der Waals surface area (Å²) in [6, 6.07) is -0.415. The lowest BCUT2D eigenvalue weighted by Crippen LogP contribution is -2.47. The second-order valence-electron chi connectivity index (χ2n) is 4.09. The quantitative estimate of drug-likeness (QED) is 0.679. The Morgan fingerprint density at radius 3 is 2.67 bits per heavy atom. The standard InChI is InChI=1S/C10H16N2O3/c11-9(13)7-3-1-5-12(7)10(14)8-4-2-6-15-8/h7-8H,1-6H2,(H2,11,13). The van der Waals surface area contributed by atoms with Crippen molar-refractivity contribution < 1.29 is 14.3 Å². The summed E-state index contributed by atoms with van der Waals surface area (Å²) in [5, 5.41) is 0. The molecule has 2 atom stereocenters. The van der Waals surface area contributed by atoms with E-state index in [0.29, 0.717) is 19.6 Å². The second kappa shape index (κ2) is 4.18. The summed E-state index contributed by atoms with van der Waals surface area (Å²) in [6.07, 6.45) is 2.89. The Labute approximate surface area is 88.5 Å². The van der Waals surface area contributed by atoms with E-state index >= 15 is 0 Å². The van der Waals surface area contributed by atoms with Gasteiger partial charge in [-0.25, -0.2) is 0 Å². The summed E-state index contributed by atoms with van der Waals surface area (Å²) in [4.78, 5) is 24.7. The van der Waals surface area contributed by atoms with Crippen LogP contribution in [0.4, 0.5) is 0 Å². The number of carbonyl (C=O) groups excluding carboxylic acids is 2. The molecule has 2 aliphatic heterocycles. The van der Waals surface area contributed by atoms with Crippen molar-refractivity contribution in [2.45, 2.75) is 37.8 Å². The molecule has 0 aromatic rings. The Morgan fingerprint density at radius 2 is 2.07 bits per heavy atom. The van der Waals surface area contributed by atoms with Crippen molar-refractivity contribution in [1.29, 1.82) is 0 Å². The molecule has 84 valence electrons. The average molecular weight is 212 g/mol. The van der Waals surface area contributed by atoms with Crippen molar-refractivity contribution in [3.63, 3.8) is 0 Å². The monoisotopic (exact) mass is 212 g/mol. The van der Waals surface area contributed by atoms with Gasteiger partial charge in [-0.05, 0) is 25.7 Å². The maximum absolute atomic E-state index is 12.0. The van der Waals surface area contributed by atoms with Gasteiger partial charge in [0.05, 0.1) is 0 Å². The predicted octanol–water partition coefficient (Wildman–Crippen LogP) is -0.358. The van der Waals surface area contributed by atoms with Crippen molar-refractivity contribution in [2.24, 2.45) is 5.73 Å². The van der Waals surface area contributed by atoms with Crippen LogP contribution in [-0.2, 0) is 14.3 Å². The van der Waals surface area contributed by atoms with Gasteiger partial charge in [-0.3, -0.25) is 9.59 Å². The molecule has 2 unspecified atom stereocenters. The minimum absolute atomic E-state index is 0.0613. The van der Waals surface area contributed by atoms with Crippen LogP contribution in [0.3, 0.4) is 0 Å². The van der Waals surface area contributed by atoms with Gasteiger partial charge < -0.3 is 15.4 Å². The molecule has 0 bridgehead atoms. The summed E-state index contributed by atoms with van der Waals surface area (Å²) in [7, 11) is 0. The molecule has 5 nitrogen and oxygen atoms in total. The molecule has 0 radical (unpaired) electrons. The largest absolute Gasteiger partial charge is 0.368 e. The first-order valence-electron chi connectivity index (χ1n) is 5.41. The third kappa shape index (κ3) is 1.97. The van der Waals surface area contributed by atoms with E-state index in [0.717, 1.165) is 19.3 Å². The van der Waals surface area contributed by atoms with Crippen LogP contribution in [0.5, 0.6) is 0 Å².